The predicted molar refractivity (Wildman–Crippen MR) is 80.7 cm³/mol. The molecule has 25 heavy (non-hydrogen) atoms. The normalized spacial score (nSPS) is 15.3. The first-order valence-corrected chi connectivity index (χ1v) is 7.28. The maximum absolute atomic E-state index is 12.9. The first-order chi connectivity index (χ1) is 12.0. The van der Waals surface area contributed by atoms with Crippen LogP contribution in [0, 0.1) is 0 Å². The topological polar surface area (TPSA) is 72.6 Å². The van der Waals surface area contributed by atoms with Crippen molar-refractivity contribution in [1.29, 1.82) is 0 Å². The van der Waals surface area contributed by atoms with Crippen LogP contribution >= 0.6 is 0 Å². The van der Waals surface area contributed by atoms with Gasteiger partial charge in [0.05, 0.1) is 11.1 Å². The minimum absolute atomic E-state index is 0.0155. The van der Waals surface area contributed by atoms with Gasteiger partial charge in [-0.1, -0.05) is 12.1 Å². The van der Waals surface area contributed by atoms with Crippen LogP contribution in [-0.2, 0) is 12.3 Å². The summed E-state index contributed by atoms with van der Waals surface area (Å²) in [7, 11) is 0. The van der Waals surface area contributed by atoms with E-state index < -0.39 is 11.8 Å². The average molecular weight is 345 g/mol. The van der Waals surface area contributed by atoms with E-state index in [9.17, 15) is 13.2 Å². The minimum Gasteiger partial charge on any atom is -0.485 e. The molecule has 0 aliphatic carbocycles. The van der Waals surface area contributed by atoms with E-state index in [0.717, 1.165) is 23.3 Å². The van der Waals surface area contributed by atoms with Gasteiger partial charge in [-0.2, -0.15) is 13.2 Å². The third kappa shape index (κ3) is 2.67. The lowest BCUT2D eigenvalue weighted by atomic mass is 10.1. The van der Waals surface area contributed by atoms with Crippen LogP contribution in [0.1, 0.15) is 11.4 Å². The number of hydrogen-bond acceptors (Lipinski definition) is 6. The maximum Gasteiger partial charge on any atom is 0.442 e. The lowest BCUT2D eigenvalue weighted by molar-refractivity contribution is -0.166. The first-order valence-electron chi connectivity index (χ1n) is 7.28. The summed E-state index contributed by atoms with van der Waals surface area (Å²) in [6, 6.07) is 9.15. The van der Waals surface area contributed by atoms with Crippen molar-refractivity contribution in [3.05, 3.63) is 60.3 Å². The molecule has 0 atom stereocenters. The Morgan fingerprint density at radius 2 is 1.68 bits per heavy atom. The van der Waals surface area contributed by atoms with Gasteiger partial charge in [0.2, 0.25) is 0 Å². The number of alkyl halides is 3. The van der Waals surface area contributed by atoms with Gasteiger partial charge in [-0.05, 0) is 18.2 Å². The fourth-order valence-corrected chi connectivity index (χ4v) is 2.39. The molecular formula is C16H10F3N5O. The number of para-hydroxylation sites is 1. The number of pyridine rings is 1. The molecule has 0 saturated heterocycles. The number of hydrogen-bond donors (Lipinski definition) is 0. The molecule has 0 radical (unpaired) electrons. The summed E-state index contributed by atoms with van der Waals surface area (Å²) in [6.07, 6.45) is -0.831. The number of ether oxygens (including phenoxy) is 1. The summed E-state index contributed by atoms with van der Waals surface area (Å²) in [5, 5.41) is 7.06. The molecule has 3 aromatic rings. The summed E-state index contributed by atoms with van der Waals surface area (Å²) in [6.45, 7) is 0.0155. The summed E-state index contributed by atoms with van der Waals surface area (Å²) < 4.78 is 44.5. The molecule has 0 fully saturated rings. The number of rotatable bonds is 4. The van der Waals surface area contributed by atoms with E-state index >= 15 is 0 Å². The van der Waals surface area contributed by atoms with E-state index in [1.54, 1.807) is 12.3 Å². The number of aromatic nitrogens is 3. The molecular weight excluding hydrogens is 335 g/mol. The second kappa shape index (κ2) is 5.47. The maximum atomic E-state index is 12.9. The quantitative estimate of drug-likeness (QED) is 0.721. The second-order valence-electron chi connectivity index (χ2n) is 5.37. The van der Waals surface area contributed by atoms with Crippen LogP contribution in [0.15, 0.2) is 59.2 Å². The zero-order valence-electron chi connectivity index (χ0n) is 12.6. The van der Waals surface area contributed by atoms with Crippen LogP contribution in [0.5, 0.6) is 5.75 Å². The highest BCUT2D eigenvalue weighted by Gasteiger charge is 2.65. The Morgan fingerprint density at radius 3 is 2.36 bits per heavy atom. The van der Waals surface area contributed by atoms with Gasteiger partial charge in [0.15, 0.2) is 5.82 Å². The average Bonchev–Trinajstić information content (AvgIpc) is 3.42. The Labute approximate surface area is 139 Å². The molecule has 4 rings (SSSR count). The van der Waals surface area contributed by atoms with E-state index in [1.807, 2.05) is 24.3 Å². The molecule has 0 saturated carbocycles. The van der Waals surface area contributed by atoms with Gasteiger partial charge in [-0.25, -0.2) is 9.97 Å². The van der Waals surface area contributed by atoms with E-state index in [0.29, 0.717) is 5.75 Å². The van der Waals surface area contributed by atoms with Gasteiger partial charge < -0.3 is 4.74 Å². The zero-order chi connectivity index (χ0) is 17.5. The Morgan fingerprint density at radius 1 is 0.960 bits per heavy atom. The second-order valence-corrected chi connectivity index (χ2v) is 5.37. The fourth-order valence-electron chi connectivity index (χ4n) is 2.39. The van der Waals surface area contributed by atoms with Crippen molar-refractivity contribution in [2.45, 2.75) is 18.4 Å². The molecule has 0 bridgehead atoms. The van der Waals surface area contributed by atoms with Gasteiger partial charge >= 0.3 is 11.8 Å². The first kappa shape index (κ1) is 15.4. The van der Waals surface area contributed by atoms with Crippen LogP contribution < -0.4 is 4.74 Å². The van der Waals surface area contributed by atoms with Crippen molar-refractivity contribution in [3.63, 3.8) is 0 Å². The van der Waals surface area contributed by atoms with Gasteiger partial charge in [-0.3, -0.25) is 4.98 Å². The fraction of sp³-hybridized carbons (Fsp3) is 0.188. The zero-order valence-corrected chi connectivity index (χ0v) is 12.6. The van der Waals surface area contributed by atoms with Crippen LogP contribution in [-0.4, -0.2) is 21.1 Å². The molecule has 1 aliphatic heterocycles. The smallest absolute Gasteiger partial charge is 0.442 e. The number of benzene rings is 1. The Hall–Kier alpha value is -3.10. The molecule has 126 valence electrons. The van der Waals surface area contributed by atoms with Crippen molar-refractivity contribution < 1.29 is 17.9 Å². The molecule has 0 amide bonds. The standard InChI is InChI=1S/C16H10F3N5O/c17-16(18,19)15(23-24-15)10-7-21-14(22-8-10)9-25-13-5-6-20-12-4-2-1-3-11(12)13/h1-8H,9H2. The molecule has 3 heterocycles. The summed E-state index contributed by atoms with van der Waals surface area (Å²) in [5.41, 5.74) is -1.94. The van der Waals surface area contributed by atoms with Crippen molar-refractivity contribution in [1.82, 2.24) is 15.0 Å². The van der Waals surface area contributed by atoms with Gasteiger partial charge in [0, 0.05) is 24.0 Å². The van der Waals surface area contributed by atoms with Gasteiger partial charge in [-0.15, -0.1) is 10.2 Å². The molecule has 1 aromatic carbocycles. The largest absolute Gasteiger partial charge is 0.485 e. The minimum atomic E-state index is -4.59. The Kier molecular flexibility index (Phi) is 3.38. The molecule has 9 heteroatoms. The van der Waals surface area contributed by atoms with Crippen molar-refractivity contribution >= 4 is 10.9 Å². The molecule has 1 aliphatic rings. The van der Waals surface area contributed by atoms with Crippen molar-refractivity contribution in [2.24, 2.45) is 10.2 Å². The van der Waals surface area contributed by atoms with E-state index in [-0.39, 0.29) is 18.0 Å². The number of fused-ring (bicyclic) bond motifs is 1. The summed E-state index contributed by atoms with van der Waals surface area (Å²) in [4.78, 5) is 12.1. The lowest BCUT2D eigenvalue weighted by Gasteiger charge is -2.14. The third-order valence-electron chi connectivity index (χ3n) is 3.77. The molecule has 0 unspecified atom stereocenters. The van der Waals surface area contributed by atoms with Crippen LogP contribution in [0.25, 0.3) is 10.9 Å². The van der Waals surface area contributed by atoms with Crippen LogP contribution in [0.2, 0.25) is 0 Å². The summed E-state index contributed by atoms with van der Waals surface area (Å²) >= 11 is 0. The molecule has 6 nitrogen and oxygen atoms in total. The van der Waals surface area contributed by atoms with Crippen molar-refractivity contribution in [2.75, 3.05) is 0 Å². The van der Waals surface area contributed by atoms with Gasteiger partial charge in [0.25, 0.3) is 0 Å². The van der Waals surface area contributed by atoms with Crippen LogP contribution in [0.3, 0.4) is 0 Å². The molecule has 0 N–H and O–H groups in total. The Bertz CT molecular complexity index is 945. The number of halogens is 3. The highest BCUT2D eigenvalue weighted by molar-refractivity contribution is 5.84. The highest BCUT2D eigenvalue weighted by Crippen LogP contribution is 2.51. The molecule has 2 aromatic heterocycles. The third-order valence-corrected chi connectivity index (χ3v) is 3.77. The number of nitrogens with zero attached hydrogens (tertiary/aromatic N) is 5. The van der Waals surface area contributed by atoms with Gasteiger partial charge in [0.1, 0.15) is 12.4 Å². The van der Waals surface area contributed by atoms with E-state index in [1.165, 1.54) is 0 Å². The lowest BCUT2D eigenvalue weighted by Crippen LogP contribution is -2.30. The van der Waals surface area contributed by atoms with Crippen molar-refractivity contribution in [3.8, 4) is 5.75 Å². The van der Waals surface area contributed by atoms with Crippen LogP contribution in [0.4, 0.5) is 13.2 Å². The van der Waals surface area contributed by atoms with E-state index in [4.69, 9.17) is 4.74 Å². The highest BCUT2D eigenvalue weighted by atomic mass is 19.4. The predicted octanol–water partition coefficient (Wildman–Crippen LogP) is 3.78. The monoisotopic (exact) mass is 345 g/mol. The Balaban J connectivity index is 1.51. The summed E-state index contributed by atoms with van der Waals surface area (Å²) in [5.74, 6) is 0.847. The van der Waals surface area contributed by atoms with E-state index in [2.05, 4.69) is 25.2 Å². The molecule has 0 spiro atoms. The SMILES string of the molecule is FC(F)(F)C1(c2cnc(COc3ccnc4ccccc34)nc2)N=N1.